The summed E-state index contributed by atoms with van der Waals surface area (Å²) in [5, 5.41) is 10.3. The lowest BCUT2D eigenvalue weighted by Crippen LogP contribution is -2.37. The van der Waals surface area contributed by atoms with Crippen LogP contribution >= 0.6 is 7.82 Å². The van der Waals surface area contributed by atoms with Gasteiger partial charge in [-0.15, -0.1) is 0 Å². The highest BCUT2D eigenvalue weighted by atomic mass is 31.2. The van der Waals surface area contributed by atoms with E-state index >= 15 is 0 Å². The number of aliphatic hydroxyl groups excluding tert-OH is 1. The van der Waals surface area contributed by atoms with E-state index in [4.69, 9.17) is 18.5 Å². The minimum Gasteiger partial charge on any atom is -0.756 e. The van der Waals surface area contributed by atoms with Gasteiger partial charge in [-0.2, -0.15) is 0 Å². The molecule has 10 nitrogen and oxygen atoms in total. The predicted molar refractivity (Wildman–Crippen MR) is 232 cm³/mol. The van der Waals surface area contributed by atoms with Crippen LogP contribution < -0.4 is 4.89 Å². The number of quaternary nitrogens is 1. The first kappa shape index (κ1) is 53.9. The number of ether oxygens (including phenoxy) is 2. The molecule has 0 aliphatic heterocycles. The number of esters is 2. The van der Waals surface area contributed by atoms with Crippen molar-refractivity contribution in [2.75, 3.05) is 47.5 Å². The molecule has 0 aromatic carbocycles. The SMILES string of the molecule is CC/C=C\C/C=C\C/C=C\C/C=C\C=C\C(O)CCCC(=O)OC[C@H](COP(=O)([O-])OCC[N+](C)(C)C)OC(=O)CCCCCCC/C=C\C/C=C\C/C=C\CC. The zero-order valence-electron chi connectivity index (χ0n) is 35.8. The van der Waals surface area contributed by atoms with Crippen LogP contribution in [0.1, 0.15) is 123 Å². The molecule has 0 radical (unpaired) electrons. The van der Waals surface area contributed by atoms with Gasteiger partial charge in [0, 0.05) is 12.8 Å². The number of allylic oxidation sites excluding steroid dienone is 15. The van der Waals surface area contributed by atoms with E-state index < -0.39 is 38.6 Å². The van der Waals surface area contributed by atoms with E-state index in [0.29, 0.717) is 30.3 Å². The Labute approximate surface area is 346 Å². The number of unbranched alkanes of at least 4 members (excludes halogenated alkanes) is 5. The molecule has 57 heavy (non-hydrogen) atoms. The van der Waals surface area contributed by atoms with E-state index in [0.717, 1.165) is 77.0 Å². The van der Waals surface area contributed by atoms with E-state index in [1.54, 1.807) is 12.2 Å². The molecule has 0 heterocycles. The lowest BCUT2D eigenvalue weighted by Gasteiger charge is -2.28. The van der Waals surface area contributed by atoms with Crippen molar-refractivity contribution in [2.24, 2.45) is 0 Å². The second-order valence-corrected chi connectivity index (χ2v) is 16.2. The summed E-state index contributed by atoms with van der Waals surface area (Å²) in [6.07, 6.45) is 44.7. The highest BCUT2D eigenvalue weighted by molar-refractivity contribution is 7.45. The van der Waals surface area contributed by atoms with Crippen LogP contribution in [0.2, 0.25) is 0 Å². The van der Waals surface area contributed by atoms with E-state index in [2.05, 4.69) is 86.8 Å². The number of phosphoric ester groups is 1. The van der Waals surface area contributed by atoms with Crippen molar-refractivity contribution in [1.29, 1.82) is 0 Å². The Hall–Kier alpha value is -3.11. The number of rotatable bonds is 36. The predicted octanol–water partition coefficient (Wildman–Crippen LogP) is 10.1. The third-order valence-corrected chi connectivity index (χ3v) is 9.17. The van der Waals surface area contributed by atoms with Gasteiger partial charge in [-0.25, -0.2) is 0 Å². The summed E-state index contributed by atoms with van der Waals surface area (Å²) in [6.45, 7) is 3.71. The Kier molecular flexibility index (Phi) is 35.2. The number of aliphatic hydroxyl groups is 1. The number of hydrogen-bond donors (Lipinski definition) is 1. The molecule has 0 spiro atoms. The second kappa shape index (κ2) is 37.2. The third-order valence-electron chi connectivity index (χ3n) is 8.20. The molecule has 0 saturated carbocycles. The fourth-order valence-electron chi connectivity index (χ4n) is 4.93. The molecule has 11 heteroatoms. The van der Waals surface area contributed by atoms with Crippen molar-refractivity contribution in [1.82, 2.24) is 0 Å². The molecule has 0 amide bonds. The van der Waals surface area contributed by atoms with Crippen molar-refractivity contribution < 1.29 is 47.2 Å². The summed E-state index contributed by atoms with van der Waals surface area (Å²) in [6, 6.07) is 0. The molecule has 0 fully saturated rings. The summed E-state index contributed by atoms with van der Waals surface area (Å²) >= 11 is 0. The van der Waals surface area contributed by atoms with E-state index in [1.165, 1.54) is 0 Å². The number of phosphoric acid groups is 1. The first-order chi connectivity index (χ1) is 27.4. The second-order valence-electron chi connectivity index (χ2n) is 14.8. The van der Waals surface area contributed by atoms with Crippen molar-refractivity contribution in [2.45, 2.75) is 135 Å². The molecule has 3 atom stereocenters. The van der Waals surface area contributed by atoms with Crippen LogP contribution in [0.5, 0.6) is 0 Å². The lowest BCUT2D eigenvalue weighted by atomic mass is 10.1. The van der Waals surface area contributed by atoms with Crippen LogP contribution in [-0.4, -0.2) is 81.2 Å². The number of hydrogen-bond acceptors (Lipinski definition) is 9. The normalized spacial score (nSPS) is 15.1. The number of carbonyl (C=O) groups excluding carboxylic acids is 2. The molecule has 0 bridgehead atoms. The van der Waals surface area contributed by atoms with Gasteiger partial charge in [-0.1, -0.05) is 130 Å². The zero-order chi connectivity index (χ0) is 42.3. The minimum absolute atomic E-state index is 0.0361. The molecule has 0 aromatic heterocycles. The van der Waals surface area contributed by atoms with Gasteiger partial charge >= 0.3 is 11.9 Å². The number of nitrogens with zero attached hydrogens (tertiary/aromatic N) is 1. The molecule has 0 aromatic rings. The highest BCUT2D eigenvalue weighted by Gasteiger charge is 2.21. The van der Waals surface area contributed by atoms with Gasteiger partial charge in [0.2, 0.25) is 0 Å². The molecule has 0 rings (SSSR count). The third kappa shape index (κ3) is 40.9. The largest absolute Gasteiger partial charge is 0.756 e. The van der Waals surface area contributed by atoms with Crippen molar-refractivity contribution in [3.8, 4) is 0 Å². The quantitative estimate of drug-likeness (QED) is 0.0164. The van der Waals surface area contributed by atoms with Crippen LogP contribution in [0.25, 0.3) is 0 Å². The molecule has 1 N–H and O–H groups in total. The molecule has 2 unspecified atom stereocenters. The number of likely N-dealkylation sites (N-methyl/N-ethyl adjacent to an activating group) is 1. The van der Waals surface area contributed by atoms with E-state index in [-0.39, 0.29) is 26.1 Å². The van der Waals surface area contributed by atoms with Crippen LogP contribution in [0.15, 0.2) is 97.2 Å². The van der Waals surface area contributed by atoms with Crippen LogP contribution in [0, 0.1) is 0 Å². The van der Waals surface area contributed by atoms with Gasteiger partial charge in [0.15, 0.2) is 6.10 Å². The van der Waals surface area contributed by atoms with Gasteiger partial charge in [-0.05, 0) is 77.0 Å². The Morgan fingerprint density at radius 3 is 1.77 bits per heavy atom. The maximum atomic E-state index is 12.7. The summed E-state index contributed by atoms with van der Waals surface area (Å²) in [7, 11) is 1.03. The average molecular weight is 818 g/mol. The summed E-state index contributed by atoms with van der Waals surface area (Å²) in [4.78, 5) is 37.5. The summed E-state index contributed by atoms with van der Waals surface area (Å²) in [5.74, 6) is -1.07. The monoisotopic (exact) mass is 818 g/mol. The Morgan fingerprint density at radius 2 is 1.18 bits per heavy atom. The fraction of sp³-hybridized carbons (Fsp3) is 0.609. The fourth-order valence-corrected chi connectivity index (χ4v) is 5.66. The molecular formula is C46H76NO9P. The zero-order valence-corrected chi connectivity index (χ0v) is 36.7. The Balaban J connectivity index is 4.63. The lowest BCUT2D eigenvalue weighted by molar-refractivity contribution is -0.870. The van der Waals surface area contributed by atoms with Gasteiger partial charge in [-0.3, -0.25) is 14.2 Å². The first-order valence-corrected chi connectivity index (χ1v) is 22.5. The van der Waals surface area contributed by atoms with Crippen molar-refractivity contribution >= 4 is 19.8 Å². The van der Waals surface area contributed by atoms with Gasteiger partial charge < -0.3 is 33.0 Å². The first-order valence-electron chi connectivity index (χ1n) is 21.1. The molecule has 0 aliphatic rings. The highest BCUT2D eigenvalue weighted by Crippen LogP contribution is 2.38. The summed E-state index contributed by atoms with van der Waals surface area (Å²) in [5.41, 5.74) is 0. The molecule has 0 saturated heterocycles. The minimum atomic E-state index is -4.68. The van der Waals surface area contributed by atoms with Gasteiger partial charge in [0.25, 0.3) is 7.82 Å². The molecule has 324 valence electrons. The van der Waals surface area contributed by atoms with Crippen LogP contribution in [-0.2, 0) is 32.7 Å². The van der Waals surface area contributed by atoms with E-state index in [1.807, 2.05) is 33.3 Å². The summed E-state index contributed by atoms with van der Waals surface area (Å²) < 4.78 is 33.7. The maximum absolute atomic E-state index is 12.7. The smallest absolute Gasteiger partial charge is 0.306 e. The molecular weight excluding hydrogens is 741 g/mol. The van der Waals surface area contributed by atoms with E-state index in [9.17, 15) is 24.2 Å². The van der Waals surface area contributed by atoms with Gasteiger partial charge in [0.1, 0.15) is 19.8 Å². The Morgan fingerprint density at radius 1 is 0.649 bits per heavy atom. The molecule has 0 aliphatic carbocycles. The standard InChI is InChI=1S/C46H76NO9P/c1-6-8-10-12-14-16-18-20-21-23-25-27-29-31-33-37-46(50)56-44(42-55-57(51,52)54-40-39-47(3,4)5)41-53-45(49)38-34-36-43(48)35-32-30-28-26-24-22-19-17-15-13-11-9-7-2/h8-11,14-17,20-22,24,28,30,32,35,43-44,48H,6-7,12-13,18-19,23,25-27,29,31,33-34,36-42H2,1-5H3/b10-8-,11-9-,16-14-,17-15-,21-20-,24-22-,30-28-,35-32+/t43?,44-/m1/s1. The average Bonchev–Trinajstić information content (AvgIpc) is 3.15. The number of carbonyl (C=O) groups is 2. The van der Waals surface area contributed by atoms with Gasteiger partial charge in [0.05, 0.1) is 33.9 Å². The van der Waals surface area contributed by atoms with Crippen LogP contribution in [0.3, 0.4) is 0 Å². The van der Waals surface area contributed by atoms with Crippen molar-refractivity contribution in [3.63, 3.8) is 0 Å². The van der Waals surface area contributed by atoms with Crippen LogP contribution in [0.4, 0.5) is 0 Å². The topological polar surface area (TPSA) is 131 Å². The van der Waals surface area contributed by atoms with Crippen molar-refractivity contribution in [3.05, 3.63) is 97.2 Å². The Bertz CT molecular complexity index is 1310. The maximum Gasteiger partial charge on any atom is 0.306 e.